The van der Waals surface area contributed by atoms with Crippen LogP contribution in [0.15, 0.2) is 43.0 Å². The Balaban J connectivity index is 1.53. The Morgan fingerprint density at radius 1 is 1.03 bits per heavy atom. The van der Waals surface area contributed by atoms with Gasteiger partial charge in [0.1, 0.15) is 5.82 Å². The van der Waals surface area contributed by atoms with Gasteiger partial charge in [-0.15, -0.1) is 6.58 Å². The van der Waals surface area contributed by atoms with Crippen molar-refractivity contribution < 1.29 is 17.9 Å². The van der Waals surface area contributed by atoms with Gasteiger partial charge in [0.25, 0.3) is 0 Å². The van der Waals surface area contributed by atoms with Crippen LogP contribution in [-0.2, 0) is 6.42 Å². The lowest BCUT2D eigenvalue weighted by atomic mass is 9.76. The van der Waals surface area contributed by atoms with Gasteiger partial charge in [-0.2, -0.15) is 4.39 Å². The minimum absolute atomic E-state index is 0.0193. The molecule has 0 saturated heterocycles. The highest BCUT2D eigenvalue weighted by Gasteiger charge is 2.26. The largest absolute Gasteiger partial charge is 0.490 e. The minimum Gasteiger partial charge on any atom is -0.490 e. The van der Waals surface area contributed by atoms with Crippen LogP contribution >= 0.6 is 0 Å². The summed E-state index contributed by atoms with van der Waals surface area (Å²) in [4.78, 5) is 0. The Kier molecular flexibility index (Phi) is 8.01. The smallest absolute Gasteiger partial charge is 0.200 e. The molecule has 0 aromatic heterocycles. The summed E-state index contributed by atoms with van der Waals surface area (Å²) in [5.41, 5.74) is 2.15. The van der Waals surface area contributed by atoms with Crippen molar-refractivity contribution in [2.24, 2.45) is 5.92 Å². The van der Waals surface area contributed by atoms with E-state index in [9.17, 15) is 13.2 Å². The van der Waals surface area contributed by atoms with Crippen LogP contribution in [0.4, 0.5) is 13.2 Å². The number of ether oxygens (including phenoxy) is 1. The molecule has 2 aromatic carbocycles. The Bertz CT molecular complexity index is 854. The van der Waals surface area contributed by atoms with Crippen molar-refractivity contribution in [2.45, 2.75) is 64.2 Å². The summed E-state index contributed by atoms with van der Waals surface area (Å²) in [5, 5.41) is 0. The molecule has 1 saturated carbocycles. The molecule has 4 heteroatoms. The van der Waals surface area contributed by atoms with Gasteiger partial charge in [-0.3, -0.25) is 0 Å². The van der Waals surface area contributed by atoms with Crippen LogP contribution in [0.2, 0.25) is 0 Å². The van der Waals surface area contributed by atoms with E-state index in [4.69, 9.17) is 4.74 Å². The van der Waals surface area contributed by atoms with Crippen LogP contribution in [0.5, 0.6) is 5.75 Å². The molecular formula is C26H31F3O. The summed E-state index contributed by atoms with van der Waals surface area (Å²) in [7, 11) is 0. The van der Waals surface area contributed by atoms with Crippen LogP contribution in [0.25, 0.3) is 0 Å². The van der Waals surface area contributed by atoms with Crippen molar-refractivity contribution in [1.29, 1.82) is 0 Å². The van der Waals surface area contributed by atoms with Gasteiger partial charge in [-0.25, -0.2) is 8.78 Å². The molecule has 3 rings (SSSR count). The summed E-state index contributed by atoms with van der Waals surface area (Å²) in [6, 6.07) is 8.62. The first-order valence-corrected chi connectivity index (χ1v) is 11.0. The molecular weight excluding hydrogens is 385 g/mol. The average Bonchev–Trinajstić information content (AvgIpc) is 2.74. The lowest BCUT2D eigenvalue weighted by Crippen LogP contribution is -2.16. The molecule has 0 spiro atoms. The first kappa shape index (κ1) is 22.5. The number of rotatable bonds is 9. The van der Waals surface area contributed by atoms with E-state index in [1.807, 2.05) is 19.1 Å². The summed E-state index contributed by atoms with van der Waals surface area (Å²) >= 11 is 0. The molecule has 30 heavy (non-hydrogen) atoms. The van der Waals surface area contributed by atoms with E-state index in [-0.39, 0.29) is 17.5 Å². The standard InChI is InChI=1S/C26H31F3O/c1-3-4-5-16-30-24-15-14-22(25(28)26(24)29)20-11-7-19(8-12-20)9-13-21-10-6-18(2)17-23(21)27/h3,6,10,14-15,17,19-20H,1,4-5,7-9,11-13,16H2,2H3. The number of allylic oxidation sites excluding steroid dienone is 1. The molecule has 1 fully saturated rings. The summed E-state index contributed by atoms with van der Waals surface area (Å²) in [5.74, 6) is -1.28. The van der Waals surface area contributed by atoms with Crippen LogP contribution in [0.1, 0.15) is 67.6 Å². The van der Waals surface area contributed by atoms with Gasteiger partial charge >= 0.3 is 0 Å². The Labute approximate surface area is 178 Å². The molecule has 1 nitrogen and oxygen atoms in total. The van der Waals surface area contributed by atoms with Crippen LogP contribution < -0.4 is 4.74 Å². The molecule has 0 aliphatic heterocycles. The molecule has 0 unspecified atom stereocenters. The monoisotopic (exact) mass is 416 g/mol. The fourth-order valence-electron chi connectivity index (χ4n) is 4.36. The van der Waals surface area contributed by atoms with Crippen LogP contribution in [0.3, 0.4) is 0 Å². The van der Waals surface area contributed by atoms with E-state index in [2.05, 4.69) is 6.58 Å². The summed E-state index contributed by atoms with van der Waals surface area (Å²) in [6.07, 6.45) is 8.51. The third-order valence-corrected chi connectivity index (χ3v) is 6.20. The van der Waals surface area contributed by atoms with Crippen LogP contribution in [0, 0.1) is 30.3 Å². The van der Waals surface area contributed by atoms with Gasteiger partial charge in [-0.05, 0) is 98.9 Å². The van der Waals surface area contributed by atoms with E-state index in [1.165, 1.54) is 0 Å². The van der Waals surface area contributed by atoms with Gasteiger partial charge in [-0.1, -0.05) is 24.3 Å². The Morgan fingerprint density at radius 3 is 2.50 bits per heavy atom. The second-order valence-corrected chi connectivity index (χ2v) is 8.41. The normalized spacial score (nSPS) is 18.9. The molecule has 0 heterocycles. The zero-order chi connectivity index (χ0) is 21.5. The predicted molar refractivity (Wildman–Crippen MR) is 115 cm³/mol. The van der Waals surface area contributed by atoms with Gasteiger partial charge in [0.2, 0.25) is 5.82 Å². The van der Waals surface area contributed by atoms with Crippen molar-refractivity contribution in [3.05, 3.63) is 77.1 Å². The van der Waals surface area contributed by atoms with E-state index in [0.717, 1.165) is 62.5 Å². The number of hydrogen-bond donors (Lipinski definition) is 0. The molecule has 1 aliphatic carbocycles. The maximum Gasteiger partial charge on any atom is 0.200 e. The van der Waals surface area contributed by atoms with Crippen molar-refractivity contribution in [1.82, 2.24) is 0 Å². The maximum atomic E-state index is 14.7. The zero-order valence-corrected chi connectivity index (χ0v) is 17.7. The number of benzene rings is 2. The lowest BCUT2D eigenvalue weighted by Gasteiger charge is -2.29. The van der Waals surface area contributed by atoms with Crippen LogP contribution in [-0.4, -0.2) is 6.61 Å². The zero-order valence-electron chi connectivity index (χ0n) is 17.7. The van der Waals surface area contributed by atoms with Gasteiger partial charge in [0, 0.05) is 0 Å². The quantitative estimate of drug-likeness (QED) is 0.301. The van der Waals surface area contributed by atoms with Gasteiger partial charge in [0.15, 0.2) is 11.6 Å². The third-order valence-electron chi connectivity index (χ3n) is 6.20. The van der Waals surface area contributed by atoms with Gasteiger partial charge < -0.3 is 4.74 Å². The van der Waals surface area contributed by atoms with Gasteiger partial charge in [0.05, 0.1) is 6.61 Å². The average molecular weight is 417 g/mol. The van der Waals surface area contributed by atoms with Crippen molar-refractivity contribution in [2.75, 3.05) is 6.61 Å². The van der Waals surface area contributed by atoms with E-state index < -0.39 is 11.6 Å². The van der Waals surface area contributed by atoms with Crippen molar-refractivity contribution >= 4 is 0 Å². The van der Waals surface area contributed by atoms with E-state index in [0.29, 0.717) is 18.1 Å². The SMILES string of the molecule is C=CCCCOc1ccc(C2CCC(CCc3ccc(C)cc3F)CC2)c(F)c1F. The van der Waals surface area contributed by atoms with E-state index >= 15 is 0 Å². The highest BCUT2D eigenvalue weighted by molar-refractivity contribution is 5.33. The number of hydrogen-bond acceptors (Lipinski definition) is 1. The number of unbranched alkanes of at least 4 members (excludes halogenated alkanes) is 1. The lowest BCUT2D eigenvalue weighted by molar-refractivity contribution is 0.284. The molecule has 0 radical (unpaired) electrons. The first-order valence-electron chi connectivity index (χ1n) is 11.0. The second-order valence-electron chi connectivity index (χ2n) is 8.41. The summed E-state index contributed by atoms with van der Waals surface area (Å²) in [6.45, 7) is 5.86. The topological polar surface area (TPSA) is 9.23 Å². The molecule has 0 bridgehead atoms. The second kappa shape index (κ2) is 10.7. The fraction of sp³-hybridized carbons (Fsp3) is 0.462. The molecule has 1 aliphatic rings. The molecule has 162 valence electrons. The number of aryl methyl sites for hydroxylation is 2. The van der Waals surface area contributed by atoms with E-state index in [1.54, 1.807) is 24.3 Å². The molecule has 0 atom stereocenters. The molecule has 0 amide bonds. The highest BCUT2D eigenvalue weighted by atomic mass is 19.2. The summed E-state index contributed by atoms with van der Waals surface area (Å²) < 4.78 is 48.5. The maximum absolute atomic E-state index is 14.7. The molecule has 2 aromatic rings. The molecule has 0 N–H and O–H groups in total. The Hall–Kier alpha value is -2.23. The van der Waals surface area contributed by atoms with Crippen molar-refractivity contribution in [3.63, 3.8) is 0 Å². The Morgan fingerprint density at radius 2 is 1.80 bits per heavy atom. The third kappa shape index (κ3) is 5.68. The first-order chi connectivity index (χ1) is 14.5. The van der Waals surface area contributed by atoms with Crippen molar-refractivity contribution in [3.8, 4) is 5.75 Å². The minimum atomic E-state index is -0.886. The predicted octanol–water partition coefficient (Wildman–Crippen LogP) is 7.66. The highest BCUT2D eigenvalue weighted by Crippen LogP contribution is 2.40. The number of halogens is 3. The fourth-order valence-corrected chi connectivity index (χ4v) is 4.36.